The van der Waals surface area contributed by atoms with Gasteiger partial charge in [0.1, 0.15) is 11.3 Å². The van der Waals surface area contributed by atoms with E-state index in [0.29, 0.717) is 18.6 Å². The van der Waals surface area contributed by atoms with Crippen LogP contribution in [0.25, 0.3) is 0 Å². The molecule has 1 aliphatic rings. The number of aryl methyl sites for hydroxylation is 1. The minimum absolute atomic E-state index is 0.106. The van der Waals surface area contributed by atoms with Gasteiger partial charge in [-0.15, -0.1) is 0 Å². The maximum absolute atomic E-state index is 12.2. The van der Waals surface area contributed by atoms with Crippen LogP contribution < -0.4 is 0 Å². The highest BCUT2D eigenvalue weighted by atomic mass is 16.5. The van der Waals surface area contributed by atoms with Crippen molar-refractivity contribution in [1.82, 2.24) is 4.57 Å². The summed E-state index contributed by atoms with van der Waals surface area (Å²) in [7, 11) is 1.61. The van der Waals surface area contributed by atoms with Crippen LogP contribution in [-0.2, 0) is 11.8 Å². The number of ether oxygens (including phenoxy) is 1. The molecule has 5 heteroatoms. The van der Waals surface area contributed by atoms with E-state index < -0.39 is 11.6 Å². The minimum atomic E-state index is -1.04. The summed E-state index contributed by atoms with van der Waals surface area (Å²) in [4.78, 5) is 23.1. The SMILES string of the molecule is Cn1cc(C(=O)C2(C)CCCO2)cc1C(=O)O. The molecule has 2 rings (SSSR count). The molecule has 1 unspecified atom stereocenters. The van der Waals surface area contributed by atoms with Gasteiger partial charge in [-0.2, -0.15) is 0 Å². The first-order valence-corrected chi connectivity index (χ1v) is 5.52. The number of carboxylic acids is 1. The molecule has 0 spiro atoms. The van der Waals surface area contributed by atoms with Crippen molar-refractivity contribution in [1.29, 1.82) is 0 Å². The Kier molecular flexibility index (Phi) is 2.79. The van der Waals surface area contributed by atoms with Crippen LogP contribution in [0, 0.1) is 0 Å². The molecule has 1 N–H and O–H groups in total. The van der Waals surface area contributed by atoms with Crippen LogP contribution >= 0.6 is 0 Å². The molecule has 0 saturated carbocycles. The average molecular weight is 237 g/mol. The van der Waals surface area contributed by atoms with Crippen LogP contribution in [0.2, 0.25) is 0 Å². The van der Waals surface area contributed by atoms with Crippen LogP contribution in [-0.4, -0.2) is 33.6 Å². The summed E-state index contributed by atoms with van der Waals surface area (Å²) in [5, 5.41) is 8.93. The lowest BCUT2D eigenvalue weighted by Crippen LogP contribution is -2.34. The Bertz CT molecular complexity index is 469. The van der Waals surface area contributed by atoms with Gasteiger partial charge in [0, 0.05) is 25.4 Å². The molecule has 0 bridgehead atoms. The molecule has 5 nitrogen and oxygen atoms in total. The van der Waals surface area contributed by atoms with Crippen molar-refractivity contribution in [2.75, 3.05) is 6.61 Å². The minimum Gasteiger partial charge on any atom is -0.477 e. The summed E-state index contributed by atoms with van der Waals surface area (Å²) in [6, 6.07) is 1.40. The predicted molar refractivity (Wildman–Crippen MR) is 60.3 cm³/mol. The van der Waals surface area contributed by atoms with Gasteiger partial charge in [-0.25, -0.2) is 4.79 Å². The molecule has 1 aromatic heterocycles. The van der Waals surface area contributed by atoms with Crippen molar-refractivity contribution in [2.24, 2.45) is 7.05 Å². The second kappa shape index (κ2) is 4.00. The highest BCUT2D eigenvalue weighted by Gasteiger charge is 2.38. The number of aromatic nitrogens is 1. The number of aromatic carboxylic acids is 1. The molecule has 1 aliphatic heterocycles. The van der Waals surface area contributed by atoms with E-state index in [-0.39, 0.29) is 11.5 Å². The summed E-state index contributed by atoms with van der Waals surface area (Å²) < 4.78 is 6.90. The summed E-state index contributed by atoms with van der Waals surface area (Å²) in [5.41, 5.74) is -0.291. The number of carboxylic acid groups (broad SMARTS) is 1. The Morgan fingerprint density at radius 3 is 2.71 bits per heavy atom. The Balaban J connectivity index is 2.31. The first kappa shape index (κ1) is 11.9. The standard InChI is InChI=1S/C12H15NO4/c1-12(4-3-5-17-12)10(14)8-6-9(11(15)16)13(2)7-8/h6-7H,3-5H2,1-2H3,(H,15,16). The molecule has 1 fully saturated rings. The highest BCUT2D eigenvalue weighted by Crippen LogP contribution is 2.29. The first-order valence-electron chi connectivity index (χ1n) is 5.52. The second-order valence-corrected chi connectivity index (χ2v) is 4.54. The lowest BCUT2D eigenvalue weighted by Gasteiger charge is -2.20. The van der Waals surface area contributed by atoms with E-state index in [1.807, 2.05) is 0 Å². The Hall–Kier alpha value is -1.62. The van der Waals surface area contributed by atoms with Gasteiger partial charge in [-0.05, 0) is 25.8 Å². The third-order valence-electron chi connectivity index (χ3n) is 3.19. The van der Waals surface area contributed by atoms with Crippen molar-refractivity contribution >= 4 is 11.8 Å². The lowest BCUT2D eigenvalue weighted by atomic mass is 9.93. The maximum atomic E-state index is 12.2. The van der Waals surface area contributed by atoms with E-state index in [9.17, 15) is 9.59 Å². The van der Waals surface area contributed by atoms with Crippen molar-refractivity contribution in [3.05, 3.63) is 23.5 Å². The van der Waals surface area contributed by atoms with Gasteiger partial charge in [-0.1, -0.05) is 0 Å². The quantitative estimate of drug-likeness (QED) is 0.808. The monoisotopic (exact) mass is 237 g/mol. The van der Waals surface area contributed by atoms with Crippen molar-refractivity contribution < 1.29 is 19.4 Å². The molecule has 0 aliphatic carbocycles. The van der Waals surface area contributed by atoms with Gasteiger partial charge in [-0.3, -0.25) is 4.79 Å². The summed E-state index contributed by atoms with van der Waals surface area (Å²) in [6.07, 6.45) is 3.09. The lowest BCUT2D eigenvalue weighted by molar-refractivity contribution is 0.0213. The molecule has 1 saturated heterocycles. The number of hydrogen-bond donors (Lipinski definition) is 1. The van der Waals surface area contributed by atoms with Gasteiger partial charge in [0.2, 0.25) is 0 Å². The van der Waals surface area contributed by atoms with E-state index in [0.717, 1.165) is 6.42 Å². The Labute approximate surface area is 99.0 Å². The summed E-state index contributed by atoms with van der Waals surface area (Å²) >= 11 is 0. The van der Waals surface area contributed by atoms with Crippen molar-refractivity contribution in [2.45, 2.75) is 25.4 Å². The highest BCUT2D eigenvalue weighted by molar-refractivity contribution is 6.04. The maximum Gasteiger partial charge on any atom is 0.352 e. The average Bonchev–Trinajstić information content (AvgIpc) is 2.84. The van der Waals surface area contributed by atoms with E-state index in [4.69, 9.17) is 9.84 Å². The largest absolute Gasteiger partial charge is 0.477 e. The molecular formula is C12H15NO4. The van der Waals surface area contributed by atoms with Crippen LogP contribution in [0.15, 0.2) is 12.3 Å². The van der Waals surface area contributed by atoms with Gasteiger partial charge in [0.25, 0.3) is 0 Å². The van der Waals surface area contributed by atoms with Gasteiger partial charge >= 0.3 is 5.97 Å². The topological polar surface area (TPSA) is 68.5 Å². The number of hydrogen-bond acceptors (Lipinski definition) is 3. The molecular weight excluding hydrogens is 222 g/mol. The number of carbonyl (C=O) groups excluding carboxylic acids is 1. The third-order valence-corrected chi connectivity index (χ3v) is 3.19. The van der Waals surface area contributed by atoms with Crippen molar-refractivity contribution in [3.63, 3.8) is 0 Å². The Morgan fingerprint density at radius 1 is 1.53 bits per heavy atom. The molecule has 1 aromatic rings. The molecule has 1 atom stereocenters. The van der Waals surface area contributed by atoms with Crippen LogP contribution in [0.4, 0.5) is 0 Å². The predicted octanol–water partition coefficient (Wildman–Crippen LogP) is 1.48. The fourth-order valence-corrected chi connectivity index (χ4v) is 2.16. The van der Waals surface area contributed by atoms with Crippen molar-refractivity contribution in [3.8, 4) is 0 Å². The molecule has 0 amide bonds. The fourth-order valence-electron chi connectivity index (χ4n) is 2.16. The smallest absolute Gasteiger partial charge is 0.352 e. The number of ketones is 1. The molecule has 0 aromatic carbocycles. The normalized spacial score (nSPS) is 23.9. The number of carbonyl (C=O) groups is 2. The van der Waals surface area contributed by atoms with Crippen LogP contribution in [0.1, 0.15) is 40.6 Å². The Morgan fingerprint density at radius 2 is 2.24 bits per heavy atom. The summed E-state index contributed by atoms with van der Waals surface area (Å²) in [6.45, 7) is 2.34. The zero-order valence-electron chi connectivity index (χ0n) is 9.90. The van der Waals surface area contributed by atoms with Gasteiger partial charge in [0.05, 0.1) is 0 Å². The summed E-state index contributed by atoms with van der Waals surface area (Å²) in [5.74, 6) is -1.18. The molecule has 0 radical (unpaired) electrons. The zero-order valence-corrected chi connectivity index (χ0v) is 9.90. The number of nitrogens with zero attached hydrogens (tertiary/aromatic N) is 1. The van der Waals surface area contributed by atoms with E-state index in [2.05, 4.69) is 0 Å². The molecule has 92 valence electrons. The first-order chi connectivity index (χ1) is 7.94. The van der Waals surface area contributed by atoms with Crippen LogP contribution in [0.5, 0.6) is 0 Å². The van der Waals surface area contributed by atoms with E-state index in [1.165, 1.54) is 10.6 Å². The number of rotatable bonds is 3. The number of Topliss-reactive ketones (excluding diaryl/α,β-unsaturated/α-hetero) is 1. The fraction of sp³-hybridized carbons (Fsp3) is 0.500. The van der Waals surface area contributed by atoms with Gasteiger partial charge < -0.3 is 14.4 Å². The van der Waals surface area contributed by atoms with E-state index in [1.54, 1.807) is 20.2 Å². The third kappa shape index (κ3) is 1.98. The second-order valence-electron chi connectivity index (χ2n) is 4.54. The molecule has 2 heterocycles. The zero-order chi connectivity index (χ0) is 12.6. The van der Waals surface area contributed by atoms with Gasteiger partial charge in [0.15, 0.2) is 5.78 Å². The molecule has 17 heavy (non-hydrogen) atoms. The van der Waals surface area contributed by atoms with E-state index >= 15 is 0 Å². The van der Waals surface area contributed by atoms with Crippen LogP contribution in [0.3, 0.4) is 0 Å².